The van der Waals surface area contributed by atoms with E-state index in [1.54, 1.807) is 0 Å². The first-order chi connectivity index (χ1) is 14.3. The lowest BCUT2D eigenvalue weighted by atomic mass is 10.3. The predicted octanol–water partition coefficient (Wildman–Crippen LogP) is -1.24. The zero-order valence-electron chi connectivity index (χ0n) is 16.4. The molecular weight excluding hydrogens is 440 g/mol. The lowest BCUT2D eigenvalue weighted by molar-refractivity contribution is -0.198. The second kappa shape index (κ2) is 11.3. The number of likely N-dealkylation sites (N-methyl/N-ethyl adjacent to an activating group) is 2. The van der Waals surface area contributed by atoms with E-state index in [4.69, 9.17) is 9.68 Å². The first-order valence-corrected chi connectivity index (χ1v) is 11.5. The van der Waals surface area contributed by atoms with Crippen molar-refractivity contribution in [2.45, 2.75) is 37.8 Å². The smallest absolute Gasteiger partial charge is 0.329 e. The molecule has 4 amide bonds. The van der Waals surface area contributed by atoms with Crippen molar-refractivity contribution in [1.82, 2.24) is 20.8 Å². The Morgan fingerprint density at radius 2 is 1.07 bits per heavy atom. The summed E-state index contributed by atoms with van der Waals surface area (Å²) in [7, 11) is 5.56. The molecule has 2 heterocycles. The maximum absolute atomic E-state index is 12.2. The van der Waals surface area contributed by atoms with Gasteiger partial charge in [-0.3, -0.25) is 19.2 Å². The van der Waals surface area contributed by atoms with Crippen LogP contribution in [-0.4, -0.2) is 83.4 Å². The van der Waals surface area contributed by atoms with Gasteiger partial charge in [0.1, 0.15) is 12.1 Å². The molecule has 2 saturated heterocycles. The van der Waals surface area contributed by atoms with Gasteiger partial charge >= 0.3 is 11.9 Å². The molecule has 2 unspecified atom stereocenters. The minimum Gasteiger partial charge on any atom is -0.329 e. The van der Waals surface area contributed by atoms with Gasteiger partial charge in [0, 0.05) is 37.2 Å². The Labute approximate surface area is 180 Å². The van der Waals surface area contributed by atoms with Crippen molar-refractivity contribution >= 4 is 57.2 Å². The van der Waals surface area contributed by atoms with E-state index in [-0.39, 0.29) is 37.2 Å². The highest BCUT2D eigenvalue weighted by atomic mass is 33.1. The number of rotatable bonds is 11. The zero-order chi connectivity index (χ0) is 22.3. The zero-order valence-corrected chi connectivity index (χ0v) is 18.0. The van der Waals surface area contributed by atoms with E-state index in [1.807, 2.05) is 0 Å². The van der Waals surface area contributed by atoms with Crippen molar-refractivity contribution in [1.29, 1.82) is 0 Å². The van der Waals surface area contributed by atoms with Crippen LogP contribution < -0.4 is 10.6 Å². The summed E-state index contributed by atoms with van der Waals surface area (Å²) in [5, 5.41) is 6.45. The monoisotopic (exact) mass is 462 g/mol. The summed E-state index contributed by atoms with van der Waals surface area (Å²) in [5.74, 6) is -3.33. The summed E-state index contributed by atoms with van der Waals surface area (Å²) < 4.78 is 0. The largest absolute Gasteiger partial charge is 0.350 e. The van der Waals surface area contributed by atoms with Gasteiger partial charge in [-0.15, -0.1) is 10.1 Å². The number of amides is 4. The Morgan fingerprint density at radius 3 is 1.33 bits per heavy atom. The number of hydroxylamine groups is 4. The van der Waals surface area contributed by atoms with Gasteiger partial charge < -0.3 is 20.3 Å². The Morgan fingerprint density at radius 1 is 0.767 bits per heavy atom. The summed E-state index contributed by atoms with van der Waals surface area (Å²) in [6.07, 6.45) is 0.0439. The maximum atomic E-state index is 12.2. The van der Waals surface area contributed by atoms with Crippen molar-refractivity contribution in [3.05, 3.63) is 0 Å². The van der Waals surface area contributed by atoms with Crippen LogP contribution in [0.1, 0.15) is 25.7 Å². The first kappa shape index (κ1) is 24.1. The highest BCUT2D eigenvalue weighted by Gasteiger charge is 2.36. The number of nitrogens with one attached hydrogen (secondary N) is 2. The van der Waals surface area contributed by atoms with Crippen LogP contribution in [0.5, 0.6) is 0 Å². The number of hydrogen-bond acceptors (Lipinski definition) is 12. The number of imide groups is 2. The van der Waals surface area contributed by atoms with Gasteiger partial charge in [-0.1, -0.05) is 21.6 Å². The molecule has 0 aromatic carbocycles. The van der Waals surface area contributed by atoms with Crippen LogP contribution in [0.3, 0.4) is 0 Å². The topological polar surface area (TPSA) is 151 Å². The van der Waals surface area contributed by atoms with Crippen LogP contribution in [0.15, 0.2) is 0 Å². The maximum Gasteiger partial charge on any atom is 0.350 e. The van der Waals surface area contributed by atoms with E-state index in [0.717, 1.165) is 0 Å². The molecule has 12 nitrogen and oxygen atoms in total. The Bertz CT molecular complexity index is 642. The van der Waals surface area contributed by atoms with Crippen molar-refractivity contribution < 1.29 is 38.4 Å². The number of nitrogens with zero attached hydrogens (tertiary/aromatic N) is 2. The third kappa shape index (κ3) is 6.17. The normalized spacial score (nSPS) is 18.7. The fourth-order valence-electron chi connectivity index (χ4n) is 2.39. The van der Waals surface area contributed by atoms with E-state index >= 15 is 0 Å². The Hall–Kier alpha value is -2.16. The molecule has 30 heavy (non-hydrogen) atoms. The second-order valence-electron chi connectivity index (χ2n) is 6.24. The van der Waals surface area contributed by atoms with Crippen molar-refractivity contribution in [2.75, 3.05) is 25.6 Å². The van der Waals surface area contributed by atoms with E-state index in [0.29, 0.717) is 10.1 Å². The minimum atomic E-state index is -0.788. The molecule has 0 aromatic rings. The molecule has 166 valence electrons. The first-order valence-electron chi connectivity index (χ1n) is 9.02. The van der Waals surface area contributed by atoms with Gasteiger partial charge in [0.25, 0.3) is 23.6 Å². The van der Waals surface area contributed by atoms with Gasteiger partial charge in [-0.05, 0) is 14.1 Å². The van der Waals surface area contributed by atoms with Crippen LogP contribution in [0.4, 0.5) is 0 Å². The van der Waals surface area contributed by atoms with Gasteiger partial charge in [-0.2, -0.15) is 0 Å². The third-order valence-electron chi connectivity index (χ3n) is 4.19. The van der Waals surface area contributed by atoms with Crippen molar-refractivity contribution in [2.24, 2.45) is 0 Å². The van der Waals surface area contributed by atoms with Crippen LogP contribution in [0.25, 0.3) is 0 Å². The summed E-state index contributed by atoms with van der Waals surface area (Å²) in [5.41, 5.74) is 0. The minimum absolute atomic E-state index is 0.0110. The summed E-state index contributed by atoms with van der Waals surface area (Å²) in [6.45, 7) is 0. The fourth-order valence-corrected chi connectivity index (χ4v) is 4.86. The number of carbonyl (C=O) groups is 6. The standard InChI is InChI=1S/C16H22N4O8S2/c1-17-9(15(25)27-19-11(21)3-4-12(19)22)7-29-30-8-10(18-2)16(26)28-20-13(23)5-6-14(20)24/h9-10,17-18H,3-8H2,1-2H3. The van der Waals surface area contributed by atoms with E-state index in [9.17, 15) is 28.8 Å². The molecule has 14 heteroatoms. The molecule has 0 aromatic heterocycles. The van der Waals surface area contributed by atoms with Crippen molar-refractivity contribution in [3.8, 4) is 0 Å². The Kier molecular flexibility index (Phi) is 9.08. The quantitative estimate of drug-likeness (QED) is 0.215. The second-order valence-corrected chi connectivity index (χ2v) is 8.79. The molecular formula is C16H22N4O8S2. The molecule has 2 aliphatic heterocycles. The molecule has 2 rings (SSSR count). The summed E-state index contributed by atoms with van der Waals surface area (Å²) in [4.78, 5) is 80.2. The van der Waals surface area contributed by atoms with Gasteiger partial charge in [0.05, 0.1) is 0 Å². The molecule has 0 bridgehead atoms. The van der Waals surface area contributed by atoms with Crippen LogP contribution in [0.2, 0.25) is 0 Å². The van der Waals surface area contributed by atoms with Crippen LogP contribution in [-0.2, 0) is 38.4 Å². The van der Waals surface area contributed by atoms with Gasteiger partial charge in [0.2, 0.25) is 0 Å². The fraction of sp³-hybridized carbons (Fsp3) is 0.625. The molecule has 2 atom stereocenters. The average molecular weight is 463 g/mol. The molecule has 2 aliphatic rings. The van der Waals surface area contributed by atoms with E-state index in [2.05, 4.69) is 10.6 Å². The van der Waals surface area contributed by atoms with E-state index < -0.39 is 47.7 Å². The SMILES string of the molecule is CNC(CSSCC(NC)C(=O)ON1C(=O)CCC1=O)C(=O)ON1C(=O)CCC1=O. The molecule has 0 radical (unpaired) electrons. The highest BCUT2D eigenvalue weighted by molar-refractivity contribution is 8.76. The molecule has 0 saturated carbocycles. The van der Waals surface area contributed by atoms with E-state index in [1.165, 1.54) is 35.7 Å². The lowest BCUT2D eigenvalue weighted by Crippen LogP contribution is -2.43. The van der Waals surface area contributed by atoms with Crippen LogP contribution >= 0.6 is 21.6 Å². The number of carbonyl (C=O) groups excluding carboxylic acids is 6. The van der Waals surface area contributed by atoms with Gasteiger partial charge in [-0.25, -0.2) is 9.59 Å². The average Bonchev–Trinajstić information content (AvgIpc) is 3.20. The van der Waals surface area contributed by atoms with Crippen LogP contribution in [0, 0.1) is 0 Å². The summed E-state index contributed by atoms with van der Waals surface area (Å²) in [6, 6.07) is -1.58. The molecule has 2 N–H and O–H groups in total. The number of hydrogen-bond donors (Lipinski definition) is 2. The Balaban J connectivity index is 1.75. The van der Waals surface area contributed by atoms with Crippen molar-refractivity contribution in [3.63, 3.8) is 0 Å². The molecule has 0 aliphatic carbocycles. The molecule has 2 fully saturated rings. The summed E-state index contributed by atoms with van der Waals surface area (Å²) >= 11 is 0. The lowest BCUT2D eigenvalue weighted by Gasteiger charge is -2.19. The van der Waals surface area contributed by atoms with Gasteiger partial charge in [0.15, 0.2) is 0 Å². The third-order valence-corrected chi connectivity index (χ3v) is 6.61. The predicted molar refractivity (Wildman–Crippen MR) is 105 cm³/mol. The molecule has 0 spiro atoms. The highest BCUT2D eigenvalue weighted by Crippen LogP contribution is 2.24.